The summed E-state index contributed by atoms with van der Waals surface area (Å²) < 4.78 is 0. The number of hydrogen-bond acceptors (Lipinski definition) is 2. The molecule has 108 valence electrons. The smallest absolute Gasteiger partial charge is 0.177 e. The van der Waals surface area contributed by atoms with Gasteiger partial charge in [0.05, 0.1) is 5.52 Å². The molecule has 3 nitrogen and oxygen atoms in total. The molecule has 2 aromatic heterocycles. The summed E-state index contributed by atoms with van der Waals surface area (Å²) in [6.07, 6.45) is 12.4. The van der Waals surface area contributed by atoms with Crippen molar-refractivity contribution in [1.29, 1.82) is 0 Å². The molecule has 0 atom stereocenters. The fourth-order valence-electron chi connectivity index (χ4n) is 3.36. The quantitative estimate of drug-likeness (QED) is 0.810. The number of nitrogens with zero attached hydrogens (tertiary/aromatic N) is 2. The molecule has 0 bridgehead atoms. The first kappa shape index (κ1) is 13.6. The van der Waals surface area contributed by atoms with E-state index in [9.17, 15) is 0 Å². The van der Waals surface area contributed by atoms with Crippen LogP contribution in [0.3, 0.4) is 0 Å². The van der Waals surface area contributed by atoms with Crippen LogP contribution in [0.2, 0.25) is 0 Å². The number of imidazole rings is 1. The number of pyridine rings is 1. The molecule has 3 heteroatoms. The van der Waals surface area contributed by atoms with E-state index in [1.165, 1.54) is 51.4 Å². The molecule has 0 unspecified atom stereocenters. The van der Waals surface area contributed by atoms with E-state index >= 15 is 0 Å². The van der Waals surface area contributed by atoms with Crippen molar-refractivity contribution in [3.05, 3.63) is 23.7 Å². The topological polar surface area (TPSA) is 41.6 Å². The summed E-state index contributed by atoms with van der Waals surface area (Å²) in [6, 6.07) is 4.11. The maximum Gasteiger partial charge on any atom is 0.177 e. The van der Waals surface area contributed by atoms with Gasteiger partial charge in [0.2, 0.25) is 0 Å². The number of aryl methyl sites for hydroxylation is 2. The molecule has 1 saturated carbocycles. The van der Waals surface area contributed by atoms with Gasteiger partial charge in [0, 0.05) is 12.1 Å². The normalized spacial score (nSPS) is 16.9. The Hall–Kier alpha value is -1.38. The van der Waals surface area contributed by atoms with E-state index in [1.807, 2.05) is 13.0 Å². The van der Waals surface area contributed by atoms with Crippen LogP contribution in [-0.4, -0.2) is 15.0 Å². The van der Waals surface area contributed by atoms with Gasteiger partial charge < -0.3 is 4.98 Å². The first-order chi connectivity index (χ1) is 9.81. The maximum absolute atomic E-state index is 4.59. The Labute approximate surface area is 121 Å². The molecule has 1 fully saturated rings. The largest absolute Gasteiger partial charge is 0.341 e. The second-order valence-corrected chi connectivity index (χ2v) is 6.26. The average molecular weight is 271 g/mol. The van der Waals surface area contributed by atoms with Gasteiger partial charge in [-0.3, -0.25) is 0 Å². The molecule has 2 aromatic rings. The molecule has 20 heavy (non-hydrogen) atoms. The van der Waals surface area contributed by atoms with Gasteiger partial charge in [0.25, 0.3) is 0 Å². The Balaban J connectivity index is 1.47. The lowest BCUT2D eigenvalue weighted by Gasteiger charge is -2.21. The van der Waals surface area contributed by atoms with Gasteiger partial charge in [-0.25, -0.2) is 9.97 Å². The standard InChI is InChI=1S/C17H25N3/c1-13-11-12-15-17(18-13)20-16(19-15)10-6-5-9-14-7-3-2-4-8-14/h11-12,14H,2-10H2,1H3,(H,18,19,20). The van der Waals surface area contributed by atoms with Gasteiger partial charge in [0.15, 0.2) is 5.65 Å². The fourth-order valence-corrected chi connectivity index (χ4v) is 3.36. The molecule has 1 aliphatic rings. The van der Waals surface area contributed by atoms with Gasteiger partial charge in [-0.1, -0.05) is 44.9 Å². The summed E-state index contributed by atoms with van der Waals surface area (Å²) in [6.45, 7) is 2.01. The number of nitrogens with one attached hydrogen (secondary N) is 1. The first-order valence-electron chi connectivity index (χ1n) is 8.13. The number of unbranched alkanes of at least 4 members (excludes halogenated alkanes) is 1. The highest BCUT2D eigenvalue weighted by atomic mass is 15.0. The number of aromatic nitrogens is 3. The summed E-state index contributed by atoms with van der Waals surface area (Å²) >= 11 is 0. The highest BCUT2D eigenvalue weighted by Gasteiger charge is 2.12. The average Bonchev–Trinajstić information content (AvgIpc) is 2.86. The van der Waals surface area contributed by atoms with E-state index in [0.717, 1.165) is 35.0 Å². The number of hydrogen-bond donors (Lipinski definition) is 1. The van der Waals surface area contributed by atoms with E-state index in [2.05, 4.69) is 21.0 Å². The van der Waals surface area contributed by atoms with Gasteiger partial charge in [0.1, 0.15) is 5.82 Å². The molecule has 3 rings (SSSR count). The highest BCUT2D eigenvalue weighted by Crippen LogP contribution is 2.27. The molecular weight excluding hydrogens is 246 g/mol. The zero-order chi connectivity index (χ0) is 13.8. The zero-order valence-corrected chi connectivity index (χ0v) is 12.5. The van der Waals surface area contributed by atoms with Crippen molar-refractivity contribution in [3.8, 4) is 0 Å². The fraction of sp³-hybridized carbons (Fsp3) is 0.647. The van der Waals surface area contributed by atoms with Crippen LogP contribution in [-0.2, 0) is 6.42 Å². The number of fused-ring (bicyclic) bond motifs is 1. The minimum atomic E-state index is 0.868. The third-order valence-electron chi connectivity index (χ3n) is 4.53. The van der Waals surface area contributed by atoms with Crippen molar-refractivity contribution in [2.45, 2.75) is 64.7 Å². The van der Waals surface area contributed by atoms with Crippen LogP contribution in [0.5, 0.6) is 0 Å². The van der Waals surface area contributed by atoms with Crippen molar-refractivity contribution in [2.24, 2.45) is 5.92 Å². The minimum Gasteiger partial charge on any atom is -0.341 e. The third-order valence-corrected chi connectivity index (χ3v) is 4.53. The first-order valence-corrected chi connectivity index (χ1v) is 8.13. The van der Waals surface area contributed by atoms with E-state index < -0.39 is 0 Å². The van der Waals surface area contributed by atoms with E-state index in [0.29, 0.717) is 0 Å². The summed E-state index contributed by atoms with van der Waals surface area (Å²) in [5.41, 5.74) is 2.97. The lowest BCUT2D eigenvalue weighted by molar-refractivity contribution is 0.329. The summed E-state index contributed by atoms with van der Waals surface area (Å²) in [7, 11) is 0. The summed E-state index contributed by atoms with van der Waals surface area (Å²) in [5.74, 6) is 2.10. The van der Waals surface area contributed by atoms with E-state index in [1.54, 1.807) is 0 Å². The molecule has 0 aromatic carbocycles. The van der Waals surface area contributed by atoms with E-state index in [-0.39, 0.29) is 0 Å². The van der Waals surface area contributed by atoms with Crippen LogP contribution in [0.4, 0.5) is 0 Å². The van der Waals surface area contributed by atoms with Gasteiger partial charge in [-0.2, -0.15) is 0 Å². The Morgan fingerprint density at radius 2 is 1.95 bits per heavy atom. The van der Waals surface area contributed by atoms with Crippen LogP contribution in [0.25, 0.3) is 11.2 Å². The van der Waals surface area contributed by atoms with Gasteiger partial charge in [-0.05, 0) is 31.4 Å². The predicted octanol–water partition coefficient (Wildman–Crippen LogP) is 4.56. The molecular formula is C17H25N3. The minimum absolute atomic E-state index is 0.868. The number of aromatic amines is 1. The van der Waals surface area contributed by atoms with Crippen molar-refractivity contribution in [3.63, 3.8) is 0 Å². The lowest BCUT2D eigenvalue weighted by atomic mass is 9.85. The Kier molecular flexibility index (Phi) is 4.34. The van der Waals surface area contributed by atoms with Crippen molar-refractivity contribution in [1.82, 2.24) is 15.0 Å². The predicted molar refractivity (Wildman–Crippen MR) is 82.8 cm³/mol. The monoisotopic (exact) mass is 271 g/mol. The molecule has 0 amide bonds. The molecule has 1 aliphatic carbocycles. The Morgan fingerprint density at radius 3 is 2.80 bits per heavy atom. The van der Waals surface area contributed by atoms with Gasteiger partial charge >= 0.3 is 0 Å². The van der Waals surface area contributed by atoms with Crippen LogP contribution in [0, 0.1) is 12.8 Å². The summed E-state index contributed by atoms with van der Waals surface area (Å²) in [4.78, 5) is 12.4. The van der Waals surface area contributed by atoms with E-state index in [4.69, 9.17) is 0 Å². The summed E-state index contributed by atoms with van der Waals surface area (Å²) in [5, 5.41) is 0. The van der Waals surface area contributed by atoms with Crippen molar-refractivity contribution >= 4 is 11.2 Å². The van der Waals surface area contributed by atoms with Crippen LogP contribution in [0.1, 0.15) is 62.9 Å². The molecule has 0 saturated heterocycles. The van der Waals surface area contributed by atoms with Crippen LogP contribution in [0.15, 0.2) is 12.1 Å². The maximum atomic E-state index is 4.59. The molecule has 0 aliphatic heterocycles. The second-order valence-electron chi connectivity index (χ2n) is 6.26. The van der Waals surface area contributed by atoms with Crippen LogP contribution >= 0.6 is 0 Å². The number of rotatable bonds is 5. The zero-order valence-electron chi connectivity index (χ0n) is 12.5. The SMILES string of the molecule is Cc1ccc2[nH]c(CCCCC3CCCCC3)nc2n1. The second kappa shape index (κ2) is 6.38. The number of H-pyrrole nitrogens is 1. The van der Waals surface area contributed by atoms with Crippen molar-refractivity contribution < 1.29 is 0 Å². The molecule has 1 N–H and O–H groups in total. The molecule has 0 spiro atoms. The van der Waals surface area contributed by atoms with Gasteiger partial charge in [-0.15, -0.1) is 0 Å². The third kappa shape index (κ3) is 3.38. The molecule has 2 heterocycles. The lowest BCUT2D eigenvalue weighted by Crippen LogP contribution is -2.06. The highest BCUT2D eigenvalue weighted by molar-refractivity contribution is 5.70. The Bertz CT molecular complexity index is 552. The van der Waals surface area contributed by atoms with Crippen LogP contribution < -0.4 is 0 Å². The van der Waals surface area contributed by atoms with Crippen molar-refractivity contribution in [2.75, 3.05) is 0 Å². The molecule has 0 radical (unpaired) electrons. The Morgan fingerprint density at radius 1 is 1.10 bits per heavy atom.